The Balaban J connectivity index is 2.93. The van der Waals surface area contributed by atoms with Gasteiger partial charge in [0, 0.05) is 23.4 Å². The molecule has 0 aliphatic carbocycles. The van der Waals surface area contributed by atoms with Crippen LogP contribution in [0.15, 0.2) is 12.1 Å². The van der Waals surface area contributed by atoms with Gasteiger partial charge in [0.05, 0.1) is 10.9 Å². The molecule has 1 aromatic heterocycles. The Labute approximate surface area is 98.2 Å². The van der Waals surface area contributed by atoms with Crippen LogP contribution in [0, 0.1) is 18.6 Å². The fourth-order valence-electron chi connectivity index (χ4n) is 1.71. The van der Waals surface area contributed by atoms with E-state index in [1.165, 1.54) is 0 Å². The van der Waals surface area contributed by atoms with Crippen molar-refractivity contribution in [2.45, 2.75) is 13.1 Å². The topological polar surface area (TPSA) is 38.9 Å². The lowest BCUT2D eigenvalue weighted by molar-refractivity contribution is -0.141. The molecule has 0 unspecified atom stereocenters. The van der Waals surface area contributed by atoms with E-state index < -0.39 is 29.0 Å². The quantitative estimate of drug-likeness (QED) is 0.739. The van der Waals surface area contributed by atoms with Crippen molar-refractivity contribution in [1.29, 1.82) is 0 Å². The van der Waals surface area contributed by atoms with Gasteiger partial charge in [-0.15, -0.1) is 0 Å². The maximum absolute atomic E-state index is 13.5. The predicted octanol–water partition coefficient (Wildman–Crippen LogP) is 3.42. The molecule has 0 spiro atoms. The van der Waals surface area contributed by atoms with Crippen molar-refractivity contribution in [2.75, 3.05) is 5.73 Å². The molecule has 0 saturated carbocycles. The van der Waals surface area contributed by atoms with E-state index in [0.29, 0.717) is 12.1 Å². The Morgan fingerprint density at radius 2 is 1.78 bits per heavy atom. The van der Waals surface area contributed by atoms with Gasteiger partial charge >= 0.3 is 6.18 Å². The number of halogens is 5. The summed E-state index contributed by atoms with van der Waals surface area (Å²) in [5.41, 5.74) is 3.01. The second kappa shape index (κ2) is 3.79. The zero-order valence-corrected chi connectivity index (χ0v) is 9.07. The minimum absolute atomic E-state index is 0.304. The standard InChI is InChI=1S/C11H7F5N2/c1-4-9(17)8-6(13)2-5(12)3-7(8)18-10(4)11(14,15)16/h2-3H,1H3,(H2,17,18). The third kappa shape index (κ3) is 1.85. The van der Waals surface area contributed by atoms with Crippen LogP contribution >= 0.6 is 0 Å². The van der Waals surface area contributed by atoms with Gasteiger partial charge in [-0.3, -0.25) is 0 Å². The fourth-order valence-corrected chi connectivity index (χ4v) is 1.71. The maximum atomic E-state index is 13.5. The number of anilines is 1. The van der Waals surface area contributed by atoms with Gasteiger partial charge in [0.25, 0.3) is 0 Å². The molecular weight excluding hydrogens is 255 g/mol. The van der Waals surface area contributed by atoms with Crippen LogP contribution in [-0.4, -0.2) is 4.98 Å². The van der Waals surface area contributed by atoms with Crippen molar-refractivity contribution in [3.05, 3.63) is 35.0 Å². The van der Waals surface area contributed by atoms with Crippen LogP contribution in [-0.2, 0) is 6.18 Å². The predicted molar refractivity (Wildman–Crippen MR) is 55.8 cm³/mol. The average molecular weight is 262 g/mol. The molecule has 0 amide bonds. The molecule has 0 atom stereocenters. The molecule has 2 aromatic rings. The number of fused-ring (bicyclic) bond motifs is 1. The smallest absolute Gasteiger partial charge is 0.398 e. The number of rotatable bonds is 0. The van der Waals surface area contributed by atoms with Crippen molar-refractivity contribution in [1.82, 2.24) is 4.98 Å². The molecule has 7 heteroatoms. The number of hydrogen-bond donors (Lipinski definition) is 1. The summed E-state index contributed by atoms with van der Waals surface area (Å²) < 4.78 is 64.4. The van der Waals surface area contributed by atoms with Crippen molar-refractivity contribution in [3.63, 3.8) is 0 Å². The van der Waals surface area contributed by atoms with E-state index in [9.17, 15) is 22.0 Å². The summed E-state index contributed by atoms with van der Waals surface area (Å²) in [6.45, 7) is 1.09. The first-order valence-electron chi connectivity index (χ1n) is 4.84. The summed E-state index contributed by atoms with van der Waals surface area (Å²) in [5, 5.41) is -0.304. The third-order valence-corrected chi connectivity index (χ3v) is 2.56. The second-order valence-electron chi connectivity index (χ2n) is 3.78. The van der Waals surface area contributed by atoms with Crippen LogP contribution in [0.2, 0.25) is 0 Å². The van der Waals surface area contributed by atoms with E-state index >= 15 is 0 Å². The van der Waals surface area contributed by atoms with Gasteiger partial charge in [0.15, 0.2) is 0 Å². The normalized spacial score (nSPS) is 12.1. The number of alkyl halides is 3. The molecule has 1 aromatic carbocycles. The van der Waals surface area contributed by atoms with Crippen LogP contribution in [0.5, 0.6) is 0 Å². The summed E-state index contributed by atoms with van der Waals surface area (Å²) in [7, 11) is 0. The van der Waals surface area contributed by atoms with Gasteiger partial charge in [-0.1, -0.05) is 0 Å². The van der Waals surface area contributed by atoms with Gasteiger partial charge < -0.3 is 5.73 Å². The van der Waals surface area contributed by atoms with E-state index in [0.717, 1.165) is 6.92 Å². The van der Waals surface area contributed by atoms with Crippen molar-refractivity contribution in [2.24, 2.45) is 0 Å². The molecular formula is C11H7F5N2. The van der Waals surface area contributed by atoms with Gasteiger partial charge in [-0.25, -0.2) is 13.8 Å². The lowest BCUT2D eigenvalue weighted by Gasteiger charge is -2.13. The van der Waals surface area contributed by atoms with Crippen LogP contribution < -0.4 is 5.73 Å². The Hall–Kier alpha value is -1.92. The number of nitrogen functional groups attached to an aromatic ring is 1. The molecule has 0 fully saturated rings. The highest BCUT2D eigenvalue weighted by Crippen LogP contribution is 2.36. The minimum atomic E-state index is -4.73. The maximum Gasteiger partial charge on any atom is 0.433 e. The number of pyridine rings is 1. The molecule has 0 bridgehead atoms. The second-order valence-corrected chi connectivity index (χ2v) is 3.78. The molecule has 0 radical (unpaired) electrons. The average Bonchev–Trinajstić information content (AvgIpc) is 2.20. The van der Waals surface area contributed by atoms with Gasteiger partial charge in [-0.05, 0) is 6.92 Å². The molecule has 2 N–H and O–H groups in total. The Kier molecular flexibility index (Phi) is 2.64. The first-order valence-corrected chi connectivity index (χ1v) is 4.84. The van der Waals surface area contributed by atoms with Crippen LogP contribution in [0.3, 0.4) is 0 Å². The van der Waals surface area contributed by atoms with E-state index in [2.05, 4.69) is 4.98 Å². The number of benzene rings is 1. The van der Waals surface area contributed by atoms with E-state index in [4.69, 9.17) is 5.73 Å². The van der Waals surface area contributed by atoms with Gasteiger partial charge in [-0.2, -0.15) is 13.2 Å². The summed E-state index contributed by atoms with van der Waals surface area (Å²) >= 11 is 0. The molecule has 96 valence electrons. The van der Waals surface area contributed by atoms with Crippen LogP contribution in [0.1, 0.15) is 11.3 Å². The molecule has 2 rings (SSSR count). The molecule has 1 heterocycles. The Morgan fingerprint density at radius 3 is 2.33 bits per heavy atom. The van der Waals surface area contributed by atoms with Gasteiger partial charge in [0.2, 0.25) is 0 Å². The summed E-state index contributed by atoms with van der Waals surface area (Å²) in [6, 6.07) is 1.26. The number of hydrogen-bond acceptors (Lipinski definition) is 2. The zero-order valence-electron chi connectivity index (χ0n) is 9.07. The van der Waals surface area contributed by atoms with Crippen LogP contribution in [0.4, 0.5) is 27.6 Å². The SMILES string of the molecule is Cc1c(C(F)(F)F)nc2cc(F)cc(F)c2c1N. The molecule has 18 heavy (non-hydrogen) atoms. The third-order valence-electron chi connectivity index (χ3n) is 2.56. The van der Waals surface area contributed by atoms with E-state index in [1.54, 1.807) is 0 Å². The van der Waals surface area contributed by atoms with E-state index in [-0.39, 0.29) is 16.6 Å². The van der Waals surface area contributed by atoms with Crippen molar-refractivity contribution >= 4 is 16.6 Å². The van der Waals surface area contributed by atoms with Crippen LogP contribution in [0.25, 0.3) is 10.9 Å². The highest BCUT2D eigenvalue weighted by Gasteiger charge is 2.36. The molecule has 0 aliphatic heterocycles. The molecule has 2 nitrogen and oxygen atoms in total. The Morgan fingerprint density at radius 1 is 1.17 bits per heavy atom. The summed E-state index contributed by atoms with van der Waals surface area (Å²) in [5.74, 6) is -2.05. The van der Waals surface area contributed by atoms with Crippen molar-refractivity contribution in [3.8, 4) is 0 Å². The van der Waals surface area contributed by atoms with Crippen molar-refractivity contribution < 1.29 is 22.0 Å². The first kappa shape index (κ1) is 12.5. The fraction of sp³-hybridized carbons (Fsp3) is 0.182. The monoisotopic (exact) mass is 262 g/mol. The van der Waals surface area contributed by atoms with Gasteiger partial charge in [0.1, 0.15) is 17.3 Å². The summed E-state index contributed by atoms with van der Waals surface area (Å²) in [6.07, 6.45) is -4.73. The number of nitrogens with zero attached hydrogens (tertiary/aromatic N) is 1. The largest absolute Gasteiger partial charge is 0.433 e. The Bertz CT molecular complexity index is 634. The number of aromatic nitrogens is 1. The molecule has 0 saturated heterocycles. The summed E-state index contributed by atoms with van der Waals surface area (Å²) in [4.78, 5) is 3.24. The number of nitrogens with two attached hydrogens (primary N) is 1. The minimum Gasteiger partial charge on any atom is -0.398 e. The lowest BCUT2D eigenvalue weighted by atomic mass is 10.1. The highest BCUT2D eigenvalue weighted by molar-refractivity contribution is 5.92. The molecule has 0 aliphatic rings. The van der Waals surface area contributed by atoms with E-state index in [1.807, 2.05) is 0 Å². The highest BCUT2D eigenvalue weighted by atomic mass is 19.4. The first-order chi connectivity index (χ1) is 8.21. The lowest BCUT2D eigenvalue weighted by Crippen LogP contribution is -2.13. The zero-order chi connectivity index (χ0) is 13.7.